The largest absolute Gasteiger partial charge is 0.394 e. The molecule has 0 radical (unpaired) electrons. The molecule has 4 atom stereocenters. The highest BCUT2D eigenvalue weighted by Gasteiger charge is 2.44. The predicted molar refractivity (Wildman–Crippen MR) is 58.2 cm³/mol. The third kappa shape index (κ3) is 1.82. The van der Waals surface area contributed by atoms with Gasteiger partial charge < -0.3 is 31.5 Å². The molecule has 0 aliphatic carbocycles. The van der Waals surface area contributed by atoms with Crippen LogP contribution < -0.4 is 11.5 Å². The van der Waals surface area contributed by atoms with Crippen molar-refractivity contribution in [3.63, 3.8) is 0 Å². The third-order valence-corrected chi connectivity index (χ3v) is 2.86. The van der Waals surface area contributed by atoms with Gasteiger partial charge in [-0.05, 0) is 0 Å². The molecule has 0 aromatic carbocycles. The van der Waals surface area contributed by atoms with Gasteiger partial charge in [-0.1, -0.05) is 0 Å². The molecule has 2 rings (SSSR count). The molecule has 1 saturated heterocycles. The van der Waals surface area contributed by atoms with Crippen molar-refractivity contribution >= 4 is 11.7 Å². The SMILES string of the molecule is NC(=O)c1ncn([C@H]2O[C@@H](CO)[C@H](O)[C@H]2O)c1N. The molecule has 9 heteroatoms. The van der Waals surface area contributed by atoms with Crippen LogP contribution in [-0.2, 0) is 4.74 Å². The maximum Gasteiger partial charge on any atom is 0.271 e. The Kier molecular flexibility index (Phi) is 3.22. The van der Waals surface area contributed by atoms with Crippen LogP contribution in [0.25, 0.3) is 0 Å². The highest BCUT2D eigenvalue weighted by atomic mass is 16.6. The molecule has 0 bridgehead atoms. The molecule has 1 fully saturated rings. The zero-order valence-electron chi connectivity index (χ0n) is 9.30. The predicted octanol–water partition coefficient (Wildman–Crippen LogP) is -2.82. The maximum atomic E-state index is 11.0. The first-order valence-electron chi connectivity index (χ1n) is 5.22. The van der Waals surface area contributed by atoms with Crippen LogP contribution in [0.1, 0.15) is 16.7 Å². The summed E-state index contributed by atoms with van der Waals surface area (Å²) in [5, 5.41) is 28.3. The Morgan fingerprint density at radius 3 is 2.61 bits per heavy atom. The molecule has 7 N–H and O–H groups in total. The second-order valence-corrected chi connectivity index (χ2v) is 3.98. The molecule has 1 amide bonds. The summed E-state index contributed by atoms with van der Waals surface area (Å²) in [6.07, 6.45) is -3.32. The third-order valence-electron chi connectivity index (χ3n) is 2.86. The molecule has 9 nitrogen and oxygen atoms in total. The summed E-state index contributed by atoms with van der Waals surface area (Å²) < 4.78 is 6.42. The van der Waals surface area contributed by atoms with Crippen molar-refractivity contribution in [2.45, 2.75) is 24.5 Å². The minimum absolute atomic E-state index is 0.0719. The Labute approximate surface area is 102 Å². The van der Waals surface area contributed by atoms with E-state index in [1.54, 1.807) is 0 Å². The van der Waals surface area contributed by atoms with Gasteiger partial charge in [0, 0.05) is 0 Å². The number of anilines is 1. The Balaban J connectivity index is 2.30. The van der Waals surface area contributed by atoms with Gasteiger partial charge >= 0.3 is 0 Å². The Bertz CT molecular complexity index is 462. The van der Waals surface area contributed by atoms with E-state index in [-0.39, 0.29) is 11.5 Å². The minimum atomic E-state index is -1.29. The number of ether oxygens (including phenoxy) is 1. The number of nitrogens with two attached hydrogens (primary N) is 2. The summed E-state index contributed by atoms with van der Waals surface area (Å²) >= 11 is 0. The molecule has 2 heterocycles. The molecule has 0 unspecified atom stereocenters. The van der Waals surface area contributed by atoms with E-state index in [4.69, 9.17) is 21.3 Å². The van der Waals surface area contributed by atoms with Crippen molar-refractivity contribution in [3.8, 4) is 0 Å². The normalized spacial score (nSPS) is 31.7. The number of hydrogen-bond donors (Lipinski definition) is 5. The number of imidazole rings is 1. The fourth-order valence-corrected chi connectivity index (χ4v) is 1.87. The average molecular weight is 258 g/mol. The monoisotopic (exact) mass is 258 g/mol. The lowest BCUT2D eigenvalue weighted by Crippen LogP contribution is -2.33. The minimum Gasteiger partial charge on any atom is -0.394 e. The Hall–Kier alpha value is -1.68. The topological polar surface area (TPSA) is 157 Å². The average Bonchev–Trinajstić information content (AvgIpc) is 2.82. The highest BCUT2D eigenvalue weighted by molar-refractivity contribution is 5.95. The first-order chi connectivity index (χ1) is 8.47. The lowest BCUT2D eigenvalue weighted by atomic mass is 10.1. The summed E-state index contributed by atoms with van der Waals surface area (Å²) in [6.45, 7) is -0.452. The van der Waals surface area contributed by atoms with Gasteiger partial charge in [-0.3, -0.25) is 9.36 Å². The van der Waals surface area contributed by atoms with E-state index in [1.807, 2.05) is 0 Å². The Morgan fingerprint density at radius 1 is 1.50 bits per heavy atom. The van der Waals surface area contributed by atoms with Crippen molar-refractivity contribution in [2.75, 3.05) is 12.3 Å². The molecule has 18 heavy (non-hydrogen) atoms. The molecular weight excluding hydrogens is 244 g/mol. The molecule has 0 saturated carbocycles. The van der Waals surface area contributed by atoms with Crippen molar-refractivity contribution in [1.29, 1.82) is 0 Å². The van der Waals surface area contributed by atoms with Gasteiger partial charge in [0.2, 0.25) is 0 Å². The number of primary amides is 1. The van der Waals surface area contributed by atoms with Crippen molar-refractivity contribution in [1.82, 2.24) is 9.55 Å². The molecule has 1 aromatic rings. The van der Waals surface area contributed by atoms with Crippen LogP contribution in [-0.4, -0.2) is 55.7 Å². The number of carbonyl (C=O) groups is 1. The quantitative estimate of drug-likeness (QED) is 0.391. The van der Waals surface area contributed by atoms with Gasteiger partial charge in [0.15, 0.2) is 11.9 Å². The summed E-state index contributed by atoms with van der Waals surface area (Å²) in [6, 6.07) is 0. The lowest BCUT2D eigenvalue weighted by molar-refractivity contribution is -0.0518. The zero-order valence-corrected chi connectivity index (χ0v) is 9.30. The van der Waals surface area contributed by atoms with E-state index in [2.05, 4.69) is 4.98 Å². The second kappa shape index (κ2) is 4.53. The van der Waals surface area contributed by atoms with Gasteiger partial charge in [0.25, 0.3) is 5.91 Å². The van der Waals surface area contributed by atoms with Crippen LogP contribution in [0.5, 0.6) is 0 Å². The number of carbonyl (C=O) groups excluding carboxylic acids is 1. The van der Waals surface area contributed by atoms with Crippen LogP contribution >= 0.6 is 0 Å². The smallest absolute Gasteiger partial charge is 0.271 e. The van der Waals surface area contributed by atoms with Crippen LogP contribution in [0.4, 0.5) is 5.82 Å². The van der Waals surface area contributed by atoms with E-state index in [0.29, 0.717) is 0 Å². The van der Waals surface area contributed by atoms with Crippen molar-refractivity contribution in [2.24, 2.45) is 5.73 Å². The molecule has 1 aromatic heterocycles. The molecule has 0 spiro atoms. The lowest BCUT2D eigenvalue weighted by Gasteiger charge is -2.17. The number of amides is 1. The summed E-state index contributed by atoms with van der Waals surface area (Å²) in [4.78, 5) is 14.7. The number of nitrogen functional groups attached to an aromatic ring is 1. The first kappa shape index (κ1) is 12.8. The summed E-state index contributed by atoms with van der Waals surface area (Å²) in [7, 11) is 0. The maximum absolute atomic E-state index is 11.0. The number of aliphatic hydroxyl groups excluding tert-OH is 3. The number of nitrogens with zero attached hydrogens (tertiary/aromatic N) is 2. The number of aliphatic hydroxyl groups is 3. The fourth-order valence-electron chi connectivity index (χ4n) is 1.87. The number of aromatic nitrogens is 2. The van der Waals surface area contributed by atoms with Crippen molar-refractivity contribution in [3.05, 3.63) is 12.0 Å². The van der Waals surface area contributed by atoms with Gasteiger partial charge in [0.05, 0.1) is 12.9 Å². The van der Waals surface area contributed by atoms with Crippen LogP contribution in [0.15, 0.2) is 6.33 Å². The van der Waals surface area contributed by atoms with Gasteiger partial charge in [0.1, 0.15) is 24.1 Å². The molecule has 1 aliphatic rings. The van der Waals surface area contributed by atoms with E-state index in [0.717, 1.165) is 0 Å². The van der Waals surface area contributed by atoms with E-state index < -0.39 is 37.1 Å². The standard InChI is InChI=1S/C9H14N4O5/c10-7-4(8(11)17)12-2-13(7)9-6(16)5(15)3(1-14)18-9/h2-3,5-6,9,14-16H,1,10H2,(H2,11,17)/t3-,5-,6+,9-/m0/s1. The van der Waals surface area contributed by atoms with E-state index in [9.17, 15) is 15.0 Å². The first-order valence-corrected chi connectivity index (χ1v) is 5.22. The Morgan fingerprint density at radius 2 is 2.17 bits per heavy atom. The summed E-state index contributed by atoms with van der Waals surface area (Å²) in [5.74, 6) is -0.879. The number of hydrogen-bond acceptors (Lipinski definition) is 7. The van der Waals surface area contributed by atoms with E-state index >= 15 is 0 Å². The van der Waals surface area contributed by atoms with Gasteiger partial charge in [-0.2, -0.15) is 0 Å². The zero-order chi connectivity index (χ0) is 13.4. The molecule has 1 aliphatic heterocycles. The van der Waals surface area contributed by atoms with Crippen molar-refractivity contribution < 1.29 is 24.9 Å². The van der Waals surface area contributed by atoms with Gasteiger partial charge in [-0.25, -0.2) is 4.98 Å². The van der Waals surface area contributed by atoms with Crippen LogP contribution in [0, 0.1) is 0 Å². The highest BCUT2D eigenvalue weighted by Crippen LogP contribution is 2.31. The van der Waals surface area contributed by atoms with E-state index in [1.165, 1.54) is 10.9 Å². The molecular formula is C9H14N4O5. The molecule has 100 valence electrons. The van der Waals surface area contributed by atoms with Crippen LogP contribution in [0.2, 0.25) is 0 Å². The van der Waals surface area contributed by atoms with Crippen LogP contribution in [0.3, 0.4) is 0 Å². The number of rotatable bonds is 3. The van der Waals surface area contributed by atoms with Gasteiger partial charge in [-0.15, -0.1) is 0 Å². The summed E-state index contributed by atoms with van der Waals surface area (Å²) in [5.41, 5.74) is 10.6. The fraction of sp³-hybridized carbons (Fsp3) is 0.556. The second-order valence-electron chi connectivity index (χ2n) is 3.98.